The van der Waals surface area contributed by atoms with Crippen LogP contribution in [0.4, 0.5) is 11.5 Å². The molecule has 5 heterocycles. The van der Waals surface area contributed by atoms with Crippen LogP contribution >= 0.6 is 11.3 Å². The zero-order valence-electron chi connectivity index (χ0n) is 23.0. The van der Waals surface area contributed by atoms with Crippen molar-refractivity contribution in [2.75, 3.05) is 56.2 Å². The van der Waals surface area contributed by atoms with E-state index in [2.05, 4.69) is 64.0 Å². The van der Waals surface area contributed by atoms with E-state index < -0.39 is 0 Å². The topological polar surface area (TPSA) is 88.8 Å². The monoisotopic (exact) mass is 557 g/mol. The van der Waals surface area contributed by atoms with Crippen LogP contribution in [0.25, 0.3) is 10.1 Å². The van der Waals surface area contributed by atoms with E-state index in [0.717, 1.165) is 43.0 Å². The number of carbonyl (C=O) groups excluding carboxylic acids is 1. The summed E-state index contributed by atoms with van der Waals surface area (Å²) in [6.45, 7) is 8.53. The summed E-state index contributed by atoms with van der Waals surface area (Å²) >= 11 is 1.77. The number of rotatable bonds is 7. The number of ether oxygens (including phenoxy) is 1. The minimum absolute atomic E-state index is 0.132. The van der Waals surface area contributed by atoms with Crippen LogP contribution in [0.5, 0.6) is 6.01 Å². The highest BCUT2D eigenvalue weighted by atomic mass is 32.1. The van der Waals surface area contributed by atoms with Gasteiger partial charge in [0.15, 0.2) is 0 Å². The Kier molecular flexibility index (Phi) is 7.59. The standard InChI is InChI=1S/C30H35N7O2S/c1-3-27(38)37-16-15-36(18-22(37)9-12-31)29-24-10-14-35(26-8-4-6-21-11-17-40-28(21)26)19-25(24)32-30(33-29)39-20-23-7-5-13-34(23)2/h3-4,6,8,11,17,22-23H,1,5,7,9-10,13-16,18-20H2,2H3/t22-,23-/m0/s1. The molecule has 3 aliphatic rings. The molecule has 0 saturated carbocycles. The van der Waals surface area contributed by atoms with Crippen molar-refractivity contribution >= 4 is 38.8 Å². The second kappa shape index (κ2) is 11.4. The van der Waals surface area contributed by atoms with Gasteiger partial charge in [0.05, 0.1) is 41.2 Å². The highest BCUT2D eigenvalue weighted by Gasteiger charge is 2.33. The third kappa shape index (κ3) is 5.11. The van der Waals surface area contributed by atoms with Crippen LogP contribution in [0.1, 0.15) is 30.5 Å². The van der Waals surface area contributed by atoms with Gasteiger partial charge in [-0.15, -0.1) is 11.3 Å². The van der Waals surface area contributed by atoms with E-state index >= 15 is 0 Å². The van der Waals surface area contributed by atoms with Crippen LogP contribution in [0.15, 0.2) is 42.3 Å². The van der Waals surface area contributed by atoms with Crippen molar-refractivity contribution in [3.05, 3.63) is 53.6 Å². The molecule has 2 atom stereocenters. The third-order valence-electron chi connectivity index (χ3n) is 8.46. The number of fused-ring (bicyclic) bond motifs is 2. The van der Waals surface area contributed by atoms with E-state index in [0.29, 0.717) is 44.8 Å². The lowest BCUT2D eigenvalue weighted by molar-refractivity contribution is -0.128. The summed E-state index contributed by atoms with van der Waals surface area (Å²) in [4.78, 5) is 31.2. The number of benzene rings is 1. The number of nitriles is 1. The van der Waals surface area contributed by atoms with Crippen LogP contribution in [-0.2, 0) is 17.8 Å². The number of hydrogen-bond donors (Lipinski definition) is 0. The van der Waals surface area contributed by atoms with Crippen molar-refractivity contribution in [2.45, 2.75) is 44.3 Å². The number of anilines is 2. The normalized spacial score (nSPS) is 21.4. The van der Waals surface area contributed by atoms with Gasteiger partial charge in [0.25, 0.3) is 0 Å². The Hall–Kier alpha value is -3.68. The Morgan fingerprint density at radius 2 is 2.10 bits per heavy atom. The molecule has 2 saturated heterocycles. The molecule has 0 unspecified atom stereocenters. The summed E-state index contributed by atoms with van der Waals surface area (Å²) < 4.78 is 7.57. The fourth-order valence-electron chi connectivity index (χ4n) is 6.24. The molecule has 0 radical (unpaired) electrons. The average Bonchev–Trinajstić information content (AvgIpc) is 3.63. The van der Waals surface area contributed by atoms with Gasteiger partial charge in [-0.25, -0.2) is 0 Å². The quantitative estimate of drug-likeness (QED) is 0.405. The number of likely N-dealkylation sites (tertiary alicyclic amines) is 1. The molecule has 40 heavy (non-hydrogen) atoms. The van der Waals surface area contributed by atoms with Crippen molar-refractivity contribution in [1.29, 1.82) is 5.26 Å². The van der Waals surface area contributed by atoms with Gasteiger partial charge in [0, 0.05) is 37.8 Å². The van der Waals surface area contributed by atoms with E-state index in [1.165, 1.54) is 28.3 Å². The van der Waals surface area contributed by atoms with Gasteiger partial charge in [-0.05, 0) is 61.8 Å². The van der Waals surface area contributed by atoms with E-state index in [9.17, 15) is 10.1 Å². The summed E-state index contributed by atoms with van der Waals surface area (Å²) in [7, 11) is 2.14. The molecule has 9 nitrogen and oxygen atoms in total. The van der Waals surface area contributed by atoms with Crippen LogP contribution in [0.2, 0.25) is 0 Å². The number of carbonyl (C=O) groups is 1. The smallest absolute Gasteiger partial charge is 0.318 e. The average molecular weight is 558 g/mol. The molecule has 1 aromatic carbocycles. The number of nitrogens with zero attached hydrogens (tertiary/aromatic N) is 7. The van der Waals surface area contributed by atoms with Crippen LogP contribution in [0.3, 0.4) is 0 Å². The number of piperazine rings is 1. The summed E-state index contributed by atoms with van der Waals surface area (Å²) in [5.74, 6) is 0.745. The first-order valence-corrected chi connectivity index (χ1v) is 14.9. The first-order valence-electron chi connectivity index (χ1n) is 14.0. The predicted octanol–water partition coefficient (Wildman–Crippen LogP) is 3.84. The number of amides is 1. The van der Waals surface area contributed by atoms with E-state index in [1.807, 2.05) is 0 Å². The molecular weight excluding hydrogens is 522 g/mol. The van der Waals surface area contributed by atoms with Gasteiger partial charge in [-0.1, -0.05) is 18.7 Å². The second-order valence-corrected chi connectivity index (χ2v) is 11.7. The number of hydrogen-bond acceptors (Lipinski definition) is 9. The van der Waals surface area contributed by atoms with E-state index in [-0.39, 0.29) is 18.4 Å². The fourth-order valence-corrected chi connectivity index (χ4v) is 7.18. The summed E-state index contributed by atoms with van der Waals surface area (Å²) in [6, 6.07) is 11.5. The van der Waals surface area contributed by atoms with E-state index in [1.54, 1.807) is 16.2 Å². The largest absolute Gasteiger partial charge is 0.462 e. The lowest BCUT2D eigenvalue weighted by Gasteiger charge is -2.42. The van der Waals surface area contributed by atoms with Crippen molar-refractivity contribution in [1.82, 2.24) is 19.8 Å². The summed E-state index contributed by atoms with van der Waals surface area (Å²) in [5, 5.41) is 12.9. The summed E-state index contributed by atoms with van der Waals surface area (Å²) in [6.07, 6.45) is 4.70. The van der Waals surface area contributed by atoms with Crippen LogP contribution in [0, 0.1) is 11.3 Å². The van der Waals surface area contributed by atoms with Gasteiger partial charge >= 0.3 is 6.01 Å². The number of likely N-dealkylation sites (N-methyl/N-ethyl adjacent to an activating group) is 1. The second-order valence-electron chi connectivity index (χ2n) is 10.8. The maximum Gasteiger partial charge on any atom is 0.318 e. The Morgan fingerprint density at radius 3 is 2.90 bits per heavy atom. The maximum absolute atomic E-state index is 12.5. The fraction of sp³-hybridized carbons (Fsp3) is 0.467. The van der Waals surface area contributed by atoms with Crippen molar-refractivity contribution in [2.24, 2.45) is 0 Å². The zero-order valence-corrected chi connectivity index (χ0v) is 23.8. The molecule has 2 aromatic heterocycles. The van der Waals surface area contributed by atoms with Crippen LogP contribution < -0.4 is 14.5 Å². The molecule has 0 bridgehead atoms. The molecule has 0 N–H and O–H groups in total. The van der Waals surface area contributed by atoms with Crippen LogP contribution in [-0.4, -0.2) is 84.1 Å². The van der Waals surface area contributed by atoms with Gasteiger partial charge < -0.3 is 24.3 Å². The Morgan fingerprint density at radius 1 is 1.20 bits per heavy atom. The third-order valence-corrected chi connectivity index (χ3v) is 9.42. The number of thiophene rings is 1. The van der Waals surface area contributed by atoms with Crippen molar-refractivity contribution < 1.29 is 9.53 Å². The highest BCUT2D eigenvalue weighted by molar-refractivity contribution is 7.17. The molecule has 1 amide bonds. The van der Waals surface area contributed by atoms with Crippen molar-refractivity contribution in [3.8, 4) is 12.1 Å². The minimum Gasteiger partial charge on any atom is -0.462 e. The van der Waals surface area contributed by atoms with Gasteiger partial charge in [0.2, 0.25) is 5.91 Å². The molecule has 3 aromatic rings. The molecule has 208 valence electrons. The van der Waals surface area contributed by atoms with Gasteiger partial charge in [0.1, 0.15) is 12.4 Å². The van der Waals surface area contributed by atoms with E-state index in [4.69, 9.17) is 14.7 Å². The molecule has 6 rings (SSSR count). The highest BCUT2D eigenvalue weighted by Crippen LogP contribution is 2.36. The number of aromatic nitrogens is 2. The predicted molar refractivity (Wildman–Crippen MR) is 158 cm³/mol. The lowest BCUT2D eigenvalue weighted by Crippen LogP contribution is -2.55. The van der Waals surface area contributed by atoms with Gasteiger partial charge in [-0.2, -0.15) is 15.2 Å². The first kappa shape index (κ1) is 26.5. The molecule has 0 spiro atoms. The molecule has 2 fully saturated rings. The maximum atomic E-state index is 12.5. The molecule has 10 heteroatoms. The minimum atomic E-state index is -0.220. The zero-order chi connectivity index (χ0) is 27.6. The lowest BCUT2D eigenvalue weighted by atomic mass is 10.0. The summed E-state index contributed by atoms with van der Waals surface area (Å²) in [5.41, 5.74) is 3.36. The Labute approximate surface area is 239 Å². The SMILES string of the molecule is C=CC(=O)N1CCN(c2nc(OC[C@@H]3CCCN3C)nc3c2CCN(c2cccc4ccsc24)C3)C[C@@H]1CC#N. The Bertz CT molecular complexity index is 1450. The van der Waals surface area contributed by atoms with Gasteiger partial charge in [-0.3, -0.25) is 4.79 Å². The Balaban J connectivity index is 1.32. The molecule has 0 aliphatic carbocycles. The first-order chi connectivity index (χ1) is 19.6. The molecule has 3 aliphatic heterocycles. The molecular formula is C30H35N7O2S. The van der Waals surface area contributed by atoms with Crippen molar-refractivity contribution in [3.63, 3.8) is 0 Å².